The molecule has 4 heteroatoms. The van der Waals surface area contributed by atoms with Gasteiger partial charge in [0.15, 0.2) is 0 Å². The van der Waals surface area contributed by atoms with E-state index in [9.17, 15) is 9.59 Å². The van der Waals surface area contributed by atoms with Crippen LogP contribution in [0.1, 0.15) is 136 Å². The Bertz CT molecular complexity index is 770. The first kappa shape index (κ1) is 37.4. The van der Waals surface area contributed by atoms with Crippen LogP contribution in [0, 0.1) is 0 Å². The number of carbonyl (C=O) groups is 2. The fraction of sp³-hybridized carbons (Fsp3) is 0.611. The first-order valence-corrected chi connectivity index (χ1v) is 15.9. The van der Waals surface area contributed by atoms with Gasteiger partial charge in [0, 0.05) is 12.8 Å². The molecule has 0 spiro atoms. The van der Waals surface area contributed by atoms with Crippen LogP contribution in [0.5, 0.6) is 0 Å². The van der Waals surface area contributed by atoms with E-state index in [0.29, 0.717) is 19.3 Å². The molecule has 0 aromatic rings. The molecule has 0 fully saturated rings. The standard InChI is InChI=1S/C36H58O4/c1-3-5-7-9-11-13-15-16-17-19-20-22-24-26-30-34(31-28-29-32-35(37)38)40-36(39)33-27-25-23-21-18-14-12-10-8-6-4-2/h5,7,10-13,16-17,20,22,26,30,34H,3-4,6,8-9,14-15,18-19,21,23-25,27-29,31-33H2,1-2H3,(H,37,38)/b7-5-,12-10-,13-11-,17-16-,22-20-,30-26-. The molecule has 4 nitrogen and oxygen atoms in total. The fourth-order valence-corrected chi connectivity index (χ4v) is 4.05. The van der Waals surface area contributed by atoms with E-state index in [1.807, 2.05) is 12.2 Å². The highest BCUT2D eigenvalue weighted by Crippen LogP contribution is 2.13. The number of allylic oxidation sites excluding steroid dienone is 11. The summed E-state index contributed by atoms with van der Waals surface area (Å²) in [7, 11) is 0. The Morgan fingerprint density at radius 1 is 0.600 bits per heavy atom. The zero-order valence-electron chi connectivity index (χ0n) is 25.6. The number of esters is 1. The molecule has 0 heterocycles. The molecule has 0 saturated heterocycles. The summed E-state index contributed by atoms with van der Waals surface area (Å²) in [6, 6.07) is 0. The van der Waals surface area contributed by atoms with E-state index in [4.69, 9.17) is 9.84 Å². The van der Waals surface area contributed by atoms with Crippen molar-refractivity contribution in [1.82, 2.24) is 0 Å². The van der Waals surface area contributed by atoms with E-state index in [-0.39, 0.29) is 18.5 Å². The van der Waals surface area contributed by atoms with Gasteiger partial charge in [-0.15, -0.1) is 0 Å². The zero-order valence-corrected chi connectivity index (χ0v) is 25.6. The molecule has 0 rings (SSSR count). The SMILES string of the molecule is CC/C=C\C/C=C\C/C=C\C/C=C\C/C=C\C(CCCCC(=O)O)OC(=O)CCCCCCC/C=C\CCCC. The first-order valence-electron chi connectivity index (χ1n) is 15.9. The van der Waals surface area contributed by atoms with Gasteiger partial charge < -0.3 is 9.84 Å². The minimum Gasteiger partial charge on any atom is -0.481 e. The van der Waals surface area contributed by atoms with Gasteiger partial charge in [-0.25, -0.2) is 0 Å². The highest BCUT2D eigenvalue weighted by molar-refractivity contribution is 5.69. The van der Waals surface area contributed by atoms with E-state index >= 15 is 0 Å². The average Bonchev–Trinajstić information content (AvgIpc) is 2.93. The van der Waals surface area contributed by atoms with E-state index < -0.39 is 5.97 Å². The van der Waals surface area contributed by atoms with E-state index in [1.54, 1.807) is 0 Å². The summed E-state index contributed by atoms with van der Waals surface area (Å²) in [5.74, 6) is -0.932. The molecule has 0 radical (unpaired) electrons. The summed E-state index contributed by atoms with van der Waals surface area (Å²) in [4.78, 5) is 23.2. The maximum atomic E-state index is 12.4. The number of hydrogen-bond donors (Lipinski definition) is 1. The minimum absolute atomic E-state index is 0.150. The van der Waals surface area contributed by atoms with Crippen LogP contribution in [0.4, 0.5) is 0 Å². The summed E-state index contributed by atoms with van der Waals surface area (Å²) >= 11 is 0. The van der Waals surface area contributed by atoms with Crippen LogP contribution in [-0.4, -0.2) is 23.1 Å². The van der Waals surface area contributed by atoms with Gasteiger partial charge in [-0.05, 0) is 83.1 Å². The number of carboxylic acids is 1. The van der Waals surface area contributed by atoms with Gasteiger partial charge in [0.1, 0.15) is 6.10 Å². The number of unbranched alkanes of at least 4 members (excludes halogenated alkanes) is 8. The Kier molecular flexibility index (Phi) is 28.9. The second-order valence-electron chi connectivity index (χ2n) is 10.3. The molecule has 1 N–H and O–H groups in total. The van der Waals surface area contributed by atoms with Gasteiger partial charge in [0.2, 0.25) is 0 Å². The molecule has 0 saturated carbocycles. The van der Waals surface area contributed by atoms with Crippen LogP contribution in [0.15, 0.2) is 72.9 Å². The van der Waals surface area contributed by atoms with Crippen molar-refractivity contribution in [2.24, 2.45) is 0 Å². The molecule has 1 atom stereocenters. The van der Waals surface area contributed by atoms with Gasteiger partial charge in [-0.1, -0.05) is 113 Å². The number of rotatable bonds is 27. The summed E-state index contributed by atoms with van der Waals surface area (Å²) in [5.41, 5.74) is 0. The summed E-state index contributed by atoms with van der Waals surface area (Å²) in [6.45, 7) is 4.36. The van der Waals surface area contributed by atoms with Gasteiger partial charge in [-0.2, -0.15) is 0 Å². The van der Waals surface area contributed by atoms with Crippen LogP contribution < -0.4 is 0 Å². The highest BCUT2D eigenvalue weighted by atomic mass is 16.5. The Morgan fingerprint density at radius 2 is 1.12 bits per heavy atom. The molecule has 0 aliphatic rings. The van der Waals surface area contributed by atoms with Crippen LogP contribution in [0.3, 0.4) is 0 Å². The predicted molar refractivity (Wildman–Crippen MR) is 171 cm³/mol. The smallest absolute Gasteiger partial charge is 0.306 e. The van der Waals surface area contributed by atoms with Crippen LogP contribution in [-0.2, 0) is 14.3 Å². The molecular weight excluding hydrogens is 496 g/mol. The third-order valence-electron chi connectivity index (χ3n) is 6.40. The number of hydrogen-bond acceptors (Lipinski definition) is 3. The molecule has 0 aliphatic carbocycles. The number of ether oxygens (including phenoxy) is 1. The first-order chi connectivity index (χ1) is 19.6. The molecule has 1 unspecified atom stereocenters. The van der Waals surface area contributed by atoms with Crippen LogP contribution >= 0.6 is 0 Å². The summed E-state index contributed by atoms with van der Waals surface area (Å²) in [5, 5.41) is 8.88. The Balaban J connectivity index is 4.24. The quantitative estimate of drug-likeness (QED) is 0.0623. The second-order valence-corrected chi connectivity index (χ2v) is 10.3. The molecule has 40 heavy (non-hydrogen) atoms. The Morgan fingerprint density at radius 3 is 1.73 bits per heavy atom. The second kappa shape index (κ2) is 30.9. The van der Waals surface area contributed by atoms with Crippen molar-refractivity contribution < 1.29 is 19.4 Å². The van der Waals surface area contributed by atoms with Crippen LogP contribution in [0.2, 0.25) is 0 Å². The van der Waals surface area contributed by atoms with Crippen molar-refractivity contribution in [2.45, 2.75) is 142 Å². The number of aliphatic carboxylic acids is 1. The van der Waals surface area contributed by atoms with Gasteiger partial charge in [-0.3, -0.25) is 9.59 Å². The fourth-order valence-electron chi connectivity index (χ4n) is 4.05. The lowest BCUT2D eigenvalue weighted by atomic mass is 10.1. The van der Waals surface area contributed by atoms with Gasteiger partial charge >= 0.3 is 11.9 Å². The lowest BCUT2D eigenvalue weighted by molar-refractivity contribution is -0.147. The Hall–Kier alpha value is -2.62. The lowest BCUT2D eigenvalue weighted by Gasteiger charge is -2.14. The predicted octanol–water partition coefficient (Wildman–Crippen LogP) is 10.8. The normalized spacial score (nSPS) is 13.2. The number of carbonyl (C=O) groups excluding carboxylic acids is 1. The summed E-state index contributed by atoms with van der Waals surface area (Å²) < 4.78 is 5.73. The zero-order chi connectivity index (χ0) is 29.4. The van der Waals surface area contributed by atoms with E-state index in [0.717, 1.165) is 64.2 Å². The van der Waals surface area contributed by atoms with Crippen molar-refractivity contribution in [3.63, 3.8) is 0 Å². The molecule has 0 aliphatic heterocycles. The van der Waals surface area contributed by atoms with Crippen molar-refractivity contribution >= 4 is 11.9 Å². The lowest BCUT2D eigenvalue weighted by Crippen LogP contribution is -2.16. The van der Waals surface area contributed by atoms with Crippen molar-refractivity contribution in [3.8, 4) is 0 Å². The maximum absolute atomic E-state index is 12.4. The summed E-state index contributed by atoms with van der Waals surface area (Å²) in [6.07, 6.45) is 43.4. The molecule has 0 bridgehead atoms. The molecule has 0 amide bonds. The molecular formula is C36H58O4. The van der Waals surface area contributed by atoms with Crippen molar-refractivity contribution in [1.29, 1.82) is 0 Å². The average molecular weight is 555 g/mol. The highest BCUT2D eigenvalue weighted by Gasteiger charge is 2.11. The topological polar surface area (TPSA) is 63.6 Å². The van der Waals surface area contributed by atoms with Gasteiger partial charge in [0.25, 0.3) is 0 Å². The minimum atomic E-state index is -0.782. The van der Waals surface area contributed by atoms with Crippen LogP contribution in [0.25, 0.3) is 0 Å². The third-order valence-corrected chi connectivity index (χ3v) is 6.40. The third kappa shape index (κ3) is 29.9. The van der Waals surface area contributed by atoms with Crippen molar-refractivity contribution in [2.75, 3.05) is 0 Å². The Labute approximate surface area is 246 Å². The molecule has 0 aromatic carbocycles. The molecule has 226 valence electrons. The molecule has 0 aromatic heterocycles. The van der Waals surface area contributed by atoms with Gasteiger partial charge in [0.05, 0.1) is 0 Å². The largest absolute Gasteiger partial charge is 0.481 e. The van der Waals surface area contributed by atoms with E-state index in [2.05, 4.69) is 74.6 Å². The van der Waals surface area contributed by atoms with Crippen molar-refractivity contribution in [3.05, 3.63) is 72.9 Å². The monoisotopic (exact) mass is 554 g/mol. The van der Waals surface area contributed by atoms with E-state index in [1.165, 1.54) is 32.1 Å². The maximum Gasteiger partial charge on any atom is 0.306 e. The number of carboxylic acid groups (broad SMARTS) is 1.